The molecule has 9 N–H and O–H groups in total. The van der Waals surface area contributed by atoms with E-state index in [1.165, 1.54) is 84.9 Å². The van der Waals surface area contributed by atoms with Gasteiger partial charge in [-0.1, -0.05) is 26.0 Å². The van der Waals surface area contributed by atoms with Crippen LogP contribution in [0.3, 0.4) is 0 Å². The van der Waals surface area contributed by atoms with Crippen LogP contribution in [0, 0.1) is 17.2 Å². The molecule has 6 amide bonds. The van der Waals surface area contributed by atoms with E-state index in [1.54, 1.807) is 37.3 Å². The topological polar surface area (TPSA) is 279 Å². The van der Waals surface area contributed by atoms with E-state index in [1.807, 2.05) is 19.9 Å². The predicted molar refractivity (Wildman–Crippen MR) is 238 cm³/mol. The summed E-state index contributed by atoms with van der Waals surface area (Å²) in [5.41, 5.74) is 8.02. The van der Waals surface area contributed by atoms with Gasteiger partial charge in [0.15, 0.2) is 11.5 Å². The molecule has 1 atom stereocenters. The van der Waals surface area contributed by atoms with Gasteiger partial charge < -0.3 is 47.3 Å². The number of phenols is 1. The largest absolute Gasteiger partial charge is 0.504 e. The summed E-state index contributed by atoms with van der Waals surface area (Å²) in [6.45, 7) is 5.48. The molecule has 5 aromatic rings. The molecule has 0 aromatic heterocycles. The van der Waals surface area contributed by atoms with Gasteiger partial charge in [0.1, 0.15) is 6.04 Å². The van der Waals surface area contributed by atoms with Crippen molar-refractivity contribution in [2.45, 2.75) is 33.2 Å². The predicted octanol–water partition coefficient (Wildman–Crippen LogP) is 6.16. The van der Waals surface area contributed by atoms with Crippen molar-refractivity contribution < 1.29 is 48.5 Å². The Hall–Kier alpha value is -8.78. The summed E-state index contributed by atoms with van der Waals surface area (Å²) in [7, 11) is 0. The van der Waals surface area contributed by atoms with E-state index in [0.717, 1.165) is 5.56 Å². The van der Waals surface area contributed by atoms with E-state index in [0.29, 0.717) is 16.8 Å². The van der Waals surface area contributed by atoms with Crippen molar-refractivity contribution in [2.24, 2.45) is 11.7 Å². The summed E-state index contributed by atoms with van der Waals surface area (Å²) in [4.78, 5) is 88.8. The zero-order valence-electron chi connectivity index (χ0n) is 34.7. The Morgan fingerprint density at radius 1 is 0.703 bits per heavy atom. The Morgan fingerprint density at radius 3 is 1.80 bits per heavy atom. The van der Waals surface area contributed by atoms with Crippen LogP contribution in [0.4, 0.5) is 22.7 Å². The van der Waals surface area contributed by atoms with E-state index >= 15 is 0 Å². The Labute approximate surface area is 366 Å². The van der Waals surface area contributed by atoms with Crippen molar-refractivity contribution >= 4 is 70.2 Å². The molecule has 0 saturated heterocycles. The Kier molecular flexibility index (Phi) is 15.3. The van der Waals surface area contributed by atoms with Gasteiger partial charge in [-0.15, -0.1) is 0 Å². The number of rotatable bonds is 17. The third-order valence-corrected chi connectivity index (χ3v) is 9.20. The van der Waals surface area contributed by atoms with E-state index in [4.69, 9.17) is 20.8 Å². The molecule has 0 bridgehead atoms. The number of hydrogen-bond acceptors (Lipinski definition) is 10. The number of ether oxygens (including phenoxy) is 1. The van der Waals surface area contributed by atoms with E-state index in [-0.39, 0.29) is 57.6 Å². The standard InChI is InChI=1S/C47H43N7O10/c1-26(2)25-64-41-37(21-20-36(40(41)56)45(60)51-34-18-12-32(13-19-34)47(62)63)53-43(58)30-10-16-35(17-11-30)52-46(61)38(23-39(49)55)54-44(59)31-8-14-33(15-9-31)50-42(57)27(3)22-28-4-6-29(24-48)7-5-28/h4-22,26,38,56H,23,25H2,1-3H3,(H2,49,55)(H,50,57)(H,51,60)(H,52,61)(H,53,58)(H,54,59)(H,62,63). The molecule has 0 aliphatic carbocycles. The maximum absolute atomic E-state index is 13.4. The number of nitriles is 1. The van der Waals surface area contributed by atoms with Gasteiger partial charge in [-0.25, -0.2) is 4.79 Å². The number of carbonyl (C=O) groups excluding carboxylic acids is 6. The van der Waals surface area contributed by atoms with Crippen molar-refractivity contribution in [2.75, 3.05) is 27.9 Å². The lowest BCUT2D eigenvalue weighted by atomic mass is 10.1. The van der Waals surface area contributed by atoms with Crippen LogP contribution in [-0.2, 0) is 14.4 Å². The van der Waals surface area contributed by atoms with Crippen molar-refractivity contribution in [3.05, 3.63) is 148 Å². The lowest BCUT2D eigenvalue weighted by Gasteiger charge is -2.18. The SMILES string of the molecule is CC(=Cc1ccc(C#N)cc1)C(=O)Nc1ccc(C(=O)NC(CC(N)=O)C(=O)Nc2ccc(C(=O)Nc3ccc(C(=O)Nc4ccc(C(=O)O)cc4)c(O)c3OCC(C)C)cc2)cc1. The normalized spacial score (nSPS) is 11.3. The highest BCUT2D eigenvalue weighted by Crippen LogP contribution is 2.39. The monoisotopic (exact) mass is 865 g/mol. The fourth-order valence-electron chi connectivity index (χ4n) is 5.83. The summed E-state index contributed by atoms with van der Waals surface area (Å²) < 4.78 is 5.82. The molecular formula is C47H43N7O10. The van der Waals surface area contributed by atoms with Gasteiger partial charge in [0.2, 0.25) is 11.8 Å². The third kappa shape index (κ3) is 12.6. The Morgan fingerprint density at radius 2 is 1.25 bits per heavy atom. The number of benzene rings is 5. The molecule has 64 heavy (non-hydrogen) atoms. The molecule has 0 heterocycles. The van der Waals surface area contributed by atoms with Crippen molar-refractivity contribution in [3.63, 3.8) is 0 Å². The average Bonchev–Trinajstić information content (AvgIpc) is 3.26. The lowest BCUT2D eigenvalue weighted by molar-refractivity contribution is -0.123. The molecule has 17 nitrogen and oxygen atoms in total. The number of nitrogens with one attached hydrogen (secondary N) is 5. The number of amides is 6. The first kappa shape index (κ1) is 46.3. The first-order chi connectivity index (χ1) is 30.5. The number of hydrogen-bond donors (Lipinski definition) is 8. The fraction of sp³-hybridized carbons (Fsp3) is 0.149. The summed E-state index contributed by atoms with van der Waals surface area (Å²) in [5, 5.41) is 42.3. The number of primary amides is 1. The third-order valence-electron chi connectivity index (χ3n) is 9.20. The number of aromatic hydroxyl groups is 1. The molecule has 5 aromatic carbocycles. The van der Waals surface area contributed by atoms with Crippen molar-refractivity contribution in [1.29, 1.82) is 5.26 Å². The first-order valence-electron chi connectivity index (χ1n) is 19.6. The van der Waals surface area contributed by atoms with Crippen LogP contribution < -0.4 is 37.1 Å². The zero-order valence-corrected chi connectivity index (χ0v) is 34.7. The lowest BCUT2D eigenvalue weighted by Crippen LogP contribution is -2.46. The van der Waals surface area contributed by atoms with Gasteiger partial charge in [0.05, 0.1) is 41.5 Å². The first-order valence-corrected chi connectivity index (χ1v) is 19.6. The highest BCUT2D eigenvalue weighted by atomic mass is 16.5. The maximum atomic E-state index is 13.4. The molecule has 0 aliphatic rings. The molecule has 0 saturated carbocycles. The molecule has 0 spiro atoms. The number of nitrogens with two attached hydrogens (primary N) is 1. The number of carbonyl (C=O) groups is 7. The molecule has 0 aliphatic heterocycles. The molecular weight excluding hydrogens is 823 g/mol. The summed E-state index contributed by atoms with van der Waals surface area (Å²) in [6.07, 6.45) is 1.12. The Bertz CT molecular complexity index is 2650. The van der Waals surface area contributed by atoms with Crippen LogP contribution in [0.25, 0.3) is 6.08 Å². The molecule has 5 rings (SSSR count). The molecule has 326 valence electrons. The second kappa shape index (κ2) is 21.1. The fourth-order valence-corrected chi connectivity index (χ4v) is 5.83. The number of carboxylic acid groups (broad SMARTS) is 1. The summed E-state index contributed by atoms with van der Waals surface area (Å²) in [6, 6.07) is 26.9. The van der Waals surface area contributed by atoms with E-state index in [2.05, 4.69) is 26.6 Å². The van der Waals surface area contributed by atoms with Crippen LogP contribution in [0.15, 0.2) is 115 Å². The van der Waals surface area contributed by atoms with Crippen LogP contribution in [0.5, 0.6) is 11.5 Å². The minimum atomic E-state index is -1.39. The van der Waals surface area contributed by atoms with Crippen molar-refractivity contribution in [1.82, 2.24) is 5.32 Å². The van der Waals surface area contributed by atoms with E-state index in [9.17, 15) is 38.7 Å². The number of phenolic OH excluding ortho intramolecular Hbond substituents is 1. The second-order valence-corrected chi connectivity index (χ2v) is 14.7. The Balaban J connectivity index is 1.21. The molecule has 1 unspecified atom stereocenters. The summed E-state index contributed by atoms with van der Waals surface area (Å²) in [5.74, 6) is -5.93. The highest BCUT2D eigenvalue weighted by Gasteiger charge is 2.25. The second-order valence-electron chi connectivity index (χ2n) is 14.7. The van der Waals surface area contributed by atoms with Crippen LogP contribution in [-0.4, -0.2) is 64.3 Å². The average molecular weight is 866 g/mol. The van der Waals surface area contributed by atoms with Crippen LogP contribution in [0.1, 0.15) is 79.8 Å². The van der Waals surface area contributed by atoms with Gasteiger partial charge in [-0.05, 0) is 122 Å². The molecule has 0 radical (unpaired) electrons. The van der Waals surface area contributed by atoms with Crippen LogP contribution in [0.2, 0.25) is 0 Å². The van der Waals surface area contributed by atoms with E-state index < -0.39 is 59.6 Å². The minimum Gasteiger partial charge on any atom is -0.504 e. The van der Waals surface area contributed by atoms with Crippen LogP contribution >= 0.6 is 0 Å². The number of aromatic carboxylic acids is 1. The van der Waals surface area contributed by atoms with Gasteiger partial charge in [0.25, 0.3) is 23.6 Å². The minimum absolute atomic E-state index is 0.000443. The number of anilines is 4. The quantitative estimate of drug-likeness (QED) is 0.0490. The number of carboxylic acids is 1. The van der Waals surface area contributed by atoms with Gasteiger partial charge >= 0.3 is 5.97 Å². The highest BCUT2D eigenvalue weighted by molar-refractivity contribution is 6.10. The number of nitrogens with zero attached hydrogens (tertiary/aromatic N) is 1. The van der Waals surface area contributed by atoms with Gasteiger partial charge in [-0.2, -0.15) is 5.26 Å². The van der Waals surface area contributed by atoms with Gasteiger partial charge in [0, 0.05) is 33.8 Å². The molecule has 0 fully saturated rings. The maximum Gasteiger partial charge on any atom is 0.335 e. The smallest absolute Gasteiger partial charge is 0.335 e. The zero-order chi connectivity index (χ0) is 46.5. The van der Waals surface area contributed by atoms with Crippen molar-refractivity contribution in [3.8, 4) is 17.6 Å². The summed E-state index contributed by atoms with van der Waals surface area (Å²) >= 11 is 0. The molecule has 17 heteroatoms. The van der Waals surface area contributed by atoms with Gasteiger partial charge in [-0.3, -0.25) is 28.8 Å².